The summed E-state index contributed by atoms with van der Waals surface area (Å²) in [7, 11) is 0. The summed E-state index contributed by atoms with van der Waals surface area (Å²) < 4.78 is 6.14. The first-order valence-corrected chi connectivity index (χ1v) is 7.92. The lowest BCUT2D eigenvalue weighted by Crippen LogP contribution is -2.28. The average molecular weight is 274 g/mol. The molecule has 0 saturated carbocycles. The van der Waals surface area contributed by atoms with Crippen molar-refractivity contribution in [1.82, 2.24) is 0 Å². The number of Topliss-reactive ketones (excluding diaryl/α,β-unsaturated/α-hetero) is 1. The van der Waals surface area contributed by atoms with E-state index < -0.39 is 0 Å². The Morgan fingerprint density at radius 2 is 1.85 bits per heavy atom. The van der Waals surface area contributed by atoms with Crippen LogP contribution in [0.25, 0.3) is 0 Å². The molecule has 0 aromatic heterocycles. The fourth-order valence-corrected chi connectivity index (χ4v) is 2.82. The zero-order chi connectivity index (χ0) is 14.4. The summed E-state index contributed by atoms with van der Waals surface area (Å²) in [5, 5.41) is 0. The molecule has 1 fully saturated rings. The molecule has 20 heavy (non-hydrogen) atoms. The second kappa shape index (κ2) is 7.58. The highest BCUT2D eigenvalue weighted by Gasteiger charge is 2.28. The molecule has 1 heterocycles. The quantitative estimate of drug-likeness (QED) is 0.699. The molecule has 1 aromatic carbocycles. The van der Waals surface area contributed by atoms with Gasteiger partial charge < -0.3 is 4.74 Å². The number of hydrogen-bond acceptors (Lipinski definition) is 2. The van der Waals surface area contributed by atoms with Gasteiger partial charge >= 0.3 is 0 Å². The van der Waals surface area contributed by atoms with Gasteiger partial charge in [-0.3, -0.25) is 4.79 Å². The van der Waals surface area contributed by atoms with E-state index >= 15 is 0 Å². The van der Waals surface area contributed by atoms with Gasteiger partial charge in [0.25, 0.3) is 0 Å². The molecule has 1 saturated heterocycles. The van der Waals surface area contributed by atoms with Crippen LogP contribution in [0, 0.1) is 6.92 Å². The summed E-state index contributed by atoms with van der Waals surface area (Å²) in [6.45, 7) is 4.29. The Balaban J connectivity index is 1.90. The van der Waals surface area contributed by atoms with Gasteiger partial charge in [0, 0.05) is 12.8 Å². The van der Waals surface area contributed by atoms with Crippen LogP contribution in [-0.2, 0) is 9.53 Å². The normalized spacial score (nSPS) is 23.0. The molecule has 0 unspecified atom stereocenters. The summed E-state index contributed by atoms with van der Waals surface area (Å²) in [5.74, 6) is 0.349. The summed E-state index contributed by atoms with van der Waals surface area (Å²) in [6.07, 6.45) is 7.20. The minimum Gasteiger partial charge on any atom is -0.369 e. The van der Waals surface area contributed by atoms with Gasteiger partial charge in [0.15, 0.2) is 0 Å². The lowest BCUT2D eigenvalue weighted by Gasteiger charge is -2.29. The Hall–Kier alpha value is -1.15. The Labute approximate surface area is 122 Å². The largest absolute Gasteiger partial charge is 0.369 e. The molecule has 2 rings (SSSR count). The smallest absolute Gasteiger partial charge is 0.138 e. The first kappa shape index (κ1) is 15.2. The van der Waals surface area contributed by atoms with Crippen molar-refractivity contribution in [2.45, 2.75) is 71.0 Å². The highest BCUT2D eigenvalue weighted by atomic mass is 16.5. The number of ketones is 1. The second-order valence-electron chi connectivity index (χ2n) is 5.95. The Morgan fingerprint density at radius 1 is 1.10 bits per heavy atom. The molecule has 0 N–H and O–H groups in total. The Kier molecular flexibility index (Phi) is 5.78. The highest BCUT2D eigenvalue weighted by Crippen LogP contribution is 2.31. The highest BCUT2D eigenvalue weighted by molar-refractivity contribution is 5.80. The fourth-order valence-electron chi connectivity index (χ4n) is 2.82. The molecular weight excluding hydrogens is 248 g/mol. The maximum atomic E-state index is 11.9. The van der Waals surface area contributed by atoms with E-state index in [1.54, 1.807) is 0 Å². The summed E-state index contributed by atoms with van der Waals surface area (Å²) in [4.78, 5) is 11.9. The van der Waals surface area contributed by atoms with Crippen molar-refractivity contribution in [1.29, 1.82) is 0 Å². The number of rotatable bonds is 6. The molecule has 2 atom stereocenters. The van der Waals surface area contributed by atoms with Gasteiger partial charge in [0.05, 0.1) is 12.2 Å². The number of benzene rings is 1. The molecule has 110 valence electrons. The number of unbranched alkanes of at least 4 members (excludes halogenated alkanes) is 3. The van der Waals surface area contributed by atoms with E-state index in [9.17, 15) is 4.79 Å². The van der Waals surface area contributed by atoms with Crippen LogP contribution in [0.1, 0.15) is 69.1 Å². The van der Waals surface area contributed by atoms with Gasteiger partial charge in [-0.05, 0) is 18.9 Å². The van der Waals surface area contributed by atoms with Crippen molar-refractivity contribution in [3.8, 4) is 0 Å². The van der Waals surface area contributed by atoms with Gasteiger partial charge in [-0.1, -0.05) is 62.4 Å². The van der Waals surface area contributed by atoms with Crippen molar-refractivity contribution >= 4 is 5.78 Å². The molecule has 1 aromatic rings. The third-order valence-electron chi connectivity index (χ3n) is 4.05. The third-order valence-corrected chi connectivity index (χ3v) is 4.05. The van der Waals surface area contributed by atoms with Gasteiger partial charge in [-0.2, -0.15) is 0 Å². The lowest BCUT2D eigenvalue weighted by molar-refractivity contribution is -0.136. The van der Waals surface area contributed by atoms with E-state index in [0.717, 1.165) is 12.0 Å². The molecule has 0 amide bonds. The van der Waals surface area contributed by atoms with E-state index in [2.05, 4.69) is 38.1 Å². The van der Waals surface area contributed by atoms with E-state index in [1.165, 1.54) is 31.2 Å². The molecular formula is C18H26O2. The van der Waals surface area contributed by atoms with Crippen molar-refractivity contribution in [3.05, 3.63) is 35.4 Å². The van der Waals surface area contributed by atoms with Crippen LogP contribution < -0.4 is 0 Å². The maximum absolute atomic E-state index is 11.9. The summed E-state index contributed by atoms with van der Waals surface area (Å²) in [6, 6.07) is 8.36. The maximum Gasteiger partial charge on any atom is 0.138 e. The molecule has 0 spiro atoms. The molecule has 1 aliphatic heterocycles. The van der Waals surface area contributed by atoms with Crippen molar-refractivity contribution in [3.63, 3.8) is 0 Å². The lowest BCUT2D eigenvalue weighted by atomic mass is 9.94. The Bertz CT molecular complexity index is 422. The molecule has 2 heteroatoms. The van der Waals surface area contributed by atoms with E-state index in [-0.39, 0.29) is 12.2 Å². The summed E-state index contributed by atoms with van der Waals surface area (Å²) >= 11 is 0. The summed E-state index contributed by atoms with van der Waals surface area (Å²) in [5.41, 5.74) is 2.38. The van der Waals surface area contributed by atoms with Crippen molar-refractivity contribution in [2.75, 3.05) is 0 Å². The zero-order valence-electron chi connectivity index (χ0n) is 12.7. The minimum absolute atomic E-state index is 0.0342. The molecule has 0 bridgehead atoms. The van der Waals surface area contributed by atoms with Gasteiger partial charge in [-0.25, -0.2) is 0 Å². The van der Waals surface area contributed by atoms with Crippen molar-refractivity contribution in [2.24, 2.45) is 0 Å². The number of aryl methyl sites for hydroxylation is 1. The second-order valence-corrected chi connectivity index (χ2v) is 5.95. The molecule has 2 nitrogen and oxygen atoms in total. The standard InChI is InChI=1S/C18H26O2/c1-3-4-5-6-7-17-12-16(19)13-18(20-17)15-10-8-14(2)9-11-15/h8-11,17-18H,3-7,12-13H2,1-2H3/t17-,18-/m1/s1. The zero-order valence-corrected chi connectivity index (χ0v) is 12.7. The predicted molar refractivity (Wildman–Crippen MR) is 81.8 cm³/mol. The SMILES string of the molecule is CCCCCC[C@@H]1CC(=O)C[C@H](c2ccc(C)cc2)O1. The average Bonchev–Trinajstić information content (AvgIpc) is 2.44. The number of carbonyl (C=O) groups excluding carboxylic acids is 1. The first-order valence-electron chi connectivity index (χ1n) is 7.92. The van der Waals surface area contributed by atoms with E-state index in [0.29, 0.717) is 18.6 Å². The molecule has 0 radical (unpaired) electrons. The van der Waals surface area contributed by atoms with Crippen LogP contribution in [0.2, 0.25) is 0 Å². The Morgan fingerprint density at radius 3 is 2.55 bits per heavy atom. The minimum atomic E-state index is -0.0342. The number of hydrogen-bond donors (Lipinski definition) is 0. The number of carbonyl (C=O) groups is 1. The van der Waals surface area contributed by atoms with Crippen LogP contribution in [0.5, 0.6) is 0 Å². The first-order chi connectivity index (χ1) is 9.69. The monoisotopic (exact) mass is 274 g/mol. The molecule has 1 aliphatic rings. The van der Waals surface area contributed by atoms with Crippen LogP contribution in [0.3, 0.4) is 0 Å². The third kappa shape index (κ3) is 4.45. The van der Waals surface area contributed by atoms with Crippen LogP contribution >= 0.6 is 0 Å². The van der Waals surface area contributed by atoms with Gasteiger partial charge in [-0.15, -0.1) is 0 Å². The van der Waals surface area contributed by atoms with Crippen LogP contribution in [0.15, 0.2) is 24.3 Å². The molecule has 0 aliphatic carbocycles. The van der Waals surface area contributed by atoms with Crippen LogP contribution in [0.4, 0.5) is 0 Å². The fraction of sp³-hybridized carbons (Fsp3) is 0.611. The van der Waals surface area contributed by atoms with E-state index in [4.69, 9.17) is 4.74 Å². The van der Waals surface area contributed by atoms with Crippen LogP contribution in [-0.4, -0.2) is 11.9 Å². The van der Waals surface area contributed by atoms with Gasteiger partial charge in [0.1, 0.15) is 5.78 Å². The topological polar surface area (TPSA) is 26.3 Å². The number of ether oxygens (including phenoxy) is 1. The van der Waals surface area contributed by atoms with Gasteiger partial charge in [0.2, 0.25) is 0 Å². The van der Waals surface area contributed by atoms with Crippen molar-refractivity contribution < 1.29 is 9.53 Å². The predicted octanol–water partition coefficient (Wildman–Crippen LogP) is 4.75. The van der Waals surface area contributed by atoms with E-state index in [1.807, 2.05) is 0 Å².